The zero-order valence-electron chi connectivity index (χ0n) is 53.1. The number of nitrogens with zero attached hydrogens (tertiary/aromatic N) is 1. The number of ether oxygens (including phenoxy) is 4. The van der Waals surface area contributed by atoms with Crippen molar-refractivity contribution in [1.29, 1.82) is 0 Å². The third-order valence-electron chi connectivity index (χ3n) is 32.1. The molecule has 2 aromatic rings. The van der Waals surface area contributed by atoms with Crippen LogP contribution in [0.3, 0.4) is 0 Å². The fourth-order valence-electron chi connectivity index (χ4n) is 29.6. The van der Waals surface area contributed by atoms with Gasteiger partial charge in [0.2, 0.25) is 0 Å². The first kappa shape index (κ1) is 56.1. The molecule has 478 valence electrons. The van der Waals surface area contributed by atoms with Gasteiger partial charge in [0.25, 0.3) is 0 Å². The highest BCUT2D eigenvalue weighted by atomic mass is 16.7. The molecule has 8 heterocycles. The smallest absolute Gasteiger partial charge is 0.339 e. The van der Waals surface area contributed by atoms with Gasteiger partial charge >= 0.3 is 11.9 Å². The summed E-state index contributed by atoms with van der Waals surface area (Å²) in [5, 5.41) is 42.1. The largest absolute Gasteiger partial charge is 0.469 e. The Balaban J connectivity index is 0.814. The number of furan rings is 1. The molecule has 18 aliphatic rings. The van der Waals surface area contributed by atoms with Gasteiger partial charge in [-0.2, -0.15) is 0 Å². The highest BCUT2D eigenvalue weighted by Gasteiger charge is 3.00. The first-order valence-corrected chi connectivity index (χ1v) is 36.4. The Hall–Kier alpha value is -4.29. The molecule has 1 aromatic carbocycles. The van der Waals surface area contributed by atoms with Crippen LogP contribution < -0.4 is 5.32 Å². The van der Waals surface area contributed by atoms with Crippen LogP contribution in [0.4, 0.5) is 0 Å². The number of carbonyl (C=O) groups excluding carboxylic acids is 3. The number of allylic oxidation sites excluding steroid dienone is 1. The van der Waals surface area contributed by atoms with Gasteiger partial charge in [-0.15, -0.1) is 0 Å². The molecule has 0 radical (unpaired) electrons. The third kappa shape index (κ3) is 6.29. The molecule has 30 atom stereocenters. The molecule has 9 saturated carbocycles. The van der Waals surface area contributed by atoms with Crippen LogP contribution in [-0.2, 0) is 58.2 Å². The molecule has 13 heteroatoms. The zero-order chi connectivity index (χ0) is 60.6. The lowest BCUT2D eigenvalue weighted by atomic mass is 9.28. The number of aliphatic hydroxyl groups is 3. The predicted octanol–water partition coefficient (Wildman–Crippen LogP) is 9.82. The summed E-state index contributed by atoms with van der Waals surface area (Å²) in [6.45, 7) is 8.60. The summed E-state index contributed by atoms with van der Waals surface area (Å²) in [6.07, 6.45) is 24.3. The van der Waals surface area contributed by atoms with E-state index in [0.29, 0.717) is 67.6 Å². The number of Topliss-reactive ketones (excluding diaryl/α,β-unsaturated/α-hetero) is 1. The van der Waals surface area contributed by atoms with E-state index in [1.807, 2.05) is 6.26 Å². The van der Waals surface area contributed by atoms with Gasteiger partial charge in [0.15, 0.2) is 17.5 Å². The van der Waals surface area contributed by atoms with Crippen LogP contribution in [0.15, 0.2) is 64.9 Å². The lowest BCUT2D eigenvalue weighted by Crippen LogP contribution is -2.84. The van der Waals surface area contributed by atoms with Crippen molar-refractivity contribution in [2.45, 2.75) is 202 Å². The molecule has 5 saturated heterocycles. The van der Waals surface area contributed by atoms with E-state index in [4.69, 9.17) is 23.4 Å². The highest BCUT2D eigenvalue weighted by Crippen LogP contribution is 2.91. The van der Waals surface area contributed by atoms with Crippen LogP contribution in [-0.4, -0.2) is 106 Å². The van der Waals surface area contributed by atoms with Crippen LogP contribution in [0.2, 0.25) is 0 Å². The minimum absolute atomic E-state index is 0.0326. The van der Waals surface area contributed by atoms with E-state index in [-0.39, 0.29) is 78.2 Å². The van der Waals surface area contributed by atoms with E-state index < -0.39 is 92.0 Å². The fraction of sp³-hybridized carbons (Fsp3) is 0.753. The number of aliphatic hydroxyl groups excluding tert-OH is 3. The molecule has 6 spiro atoms. The van der Waals surface area contributed by atoms with Gasteiger partial charge in [-0.1, -0.05) is 87.4 Å². The van der Waals surface area contributed by atoms with Crippen LogP contribution in [0, 0.1) is 140 Å². The van der Waals surface area contributed by atoms with E-state index in [0.717, 1.165) is 107 Å². The van der Waals surface area contributed by atoms with E-state index in [9.17, 15) is 10.2 Å². The molecular formula is C77H94N2O11. The van der Waals surface area contributed by atoms with Gasteiger partial charge in [-0.05, 0) is 221 Å². The molecule has 20 rings (SSSR count). The second kappa shape index (κ2) is 18.6. The van der Waals surface area contributed by atoms with Gasteiger partial charge in [-0.25, -0.2) is 4.79 Å². The van der Waals surface area contributed by atoms with Crippen molar-refractivity contribution in [1.82, 2.24) is 10.2 Å². The van der Waals surface area contributed by atoms with Gasteiger partial charge in [-0.3, -0.25) is 14.9 Å². The Labute approximate surface area is 530 Å². The number of hydrogen-bond acceptors (Lipinski definition) is 13. The SMILES string of the molecule is C[C@@H]1[C@@H]2CCC[C@@H]2CC[C@H]1[C@H]1C=C2C[C@H]3CCC[C@]34C[C@@H]3C[C@]5(C)[C@]67O[C@@H]6C(=O)O[C@@]56c5c(coc5C[C@@H]([C@H]5CC[C@H]8[C@H](C=CN9CNC[C@@H]89)C5)[C@H](O)CO)CC[C@H]6C#C[C@@H]5CC[C@H](Cc6ccccc6)C[C@H]5[C@]75[C@H](O)C(=O)[C@@H]6[C@@]1(C)O[C@]21[C@H]4C(=O)OC[C@@]61[C@@H]35. The normalized spacial score (nSPS) is 54.1. The lowest BCUT2D eigenvalue weighted by molar-refractivity contribution is -0.320. The van der Waals surface area contributed by atoms with Crippen molar-refractivity contribution in [3.05, 3.63) is 83.0 Å². The summed E-state index contributed by atoms with van der Waals surface area (Å²) < 4.78 is 38.3. The molecule has 0 amide bonds. The molecule has 4 N–H and O–H groups in total. The van der Waals surface area contributed by atoms with Crippen LogP contribution in [0.1, 0.15) is 159 Å². The molecule has 0 unspecified atom stereocenters. The van der Waals surface area contributed by atoms with Crippen LogP contribution in [0.5, 0.6) is 0 Å². The number of rotatable bonds is 8. The first-order valence-electron chi connectivity index (χ1n) is 36.4. The van der Waals surface area contributed by atoms with E-state index >= 15 is 19.5 Å². The Kier molecular flexibility index (Phi) is 11.6. The molecule has 9 bridgehead atoms. The molecule has 13 nitrogen and oxygen atoms in total. The first-order chi connectivity index (χ1) is 43.6. The van der Waals surface area contributed by atoms with Crippen molar-refractivity contribution in [3.63, 3.8) is 0 Å². The van der Waals surface area contributed by atoms with Gasteiger partial charge in [0.1, 0.15) is 29.7 Å². The van der Waals surface area contributed by atoms with Gasteiger partial charge in [0.05, 0.1) is 54.4 Å². The highest BCUT2D eigenvalue weighted by molar-refractivity contribution is 5.94. The maximum Gasteiger partial charge on any atom is 0.339 e. The second-order valence-corrected chi connectivity index (χ2v) is 34.4. The number of aryl methyl sites for hydroxylation is 1. The number of benzene rings is 1. The number of epoxide rings is 1. The minimum Gasteiger partial charge on any atom is -0.469 e. The summed E-state index contributed by atoms with van der Waals surface area (Å²) in [5.41, 5.74) is -4.90. The molecule has 90 heavy (non-hydrogen) atoms. The van der Waals surface area contributed by atoms with E-state index in [1.165, 1.54) is 36.8 Å². The van der Waals surface area contributed by atoms with Crippen molar-refractivity contribution in [3.8, 4) is 11.8 Å². The quantitative estimate of drug-likeness (QED) is 0.0850. The van der Waals surface area contributed by atoms with Crippen molar-refractivity contribution < 1.29 is 53.1 Å². The van der Waals surface area contributed by atoms with Crippen molar-refractivity contribution in [2.24, 2.45) is 128 Å². The molecule has 11 aliphatic carbocycles. The standard InChI is InChI=1S/C77H94N2O11/c1-40-52-13-7-11-43(52)18-22-53(40)57-31-51-30-50-12-8-25-72(50)34-48-33-70(2)75-49(21-17-47-37-86-60(61(47)75)32-55(59(81)36-80)45-19-23-54-46(29-45)24-26-79-39-78-35-58(54)79)20-16-44-15-14-42(27-41-9-5-4-6-10-41)28-56(44)74(77(70)67(88-77)69(85)89-75)63(48)73-38-87-68(84)65(72)76(51,73)90-71(57,3)64(73)62(82)66(74)83/h4-6,9-10,24,26,31,37,40,42-46,48-50,52-59,63-67,78,80-81,83H,7-8,11-15,17-19,21-23,25,27-30,32-36,38-39H2,1-3H3/t40-,42-,43-,44+,45+,46-,48+,49-,50-,52+,53-,54+,55+,56-,57-,58+,59-,63-,64-,65+,66-,67-,70+,71+,72+,73-,74+,75+,76+,77-/m1/s1. The molecule has 7 aliphatic heterocycles. The number of nitrogens with one attached hydrogen (secondary N) is 1. The van der Waals surface area contributed by atoms with Crippen molar-refractivity contribution >= 4 is 17.7 Å². The summed E-state index contributed by atoms with van der Waals surface area (Å²) in [4.78, 5) is 52.7. The van der Waals surface area contributed by atoms with Crippen LogP contribution in [0.25, 0.3) is 0 Å². The lowest BCUT2D eigenvalue weighted by Gasteiger charge is -2.74. The topological polar surface area (TPSA) is 181 Å². The maximum absolute atomic E-state index is 17.9. The number of ketones is 1. The minimum atomic E-state index is -1.56. The maximum atomic E-state index is 17.9. The van der Waals surface area contributed by atoms with Crippen molar-refractivity contribution in [2.75, 3.05) is 26.4 Å². The number of esters is 2. The summed E-state index contributed by atoms with van der Waals surface area (Å²) >= 11 is 0. The summed E-state index contributed by atoms with van der Waals surface area (Å²) in [5.74, 6) is 7.77. The summed E-state index contributed by atoms with van der Waals surface area (Å²) in [7, 11) is 0. The third-order valence-corrected chi connectivity index (χ3v) is 32.1. The summed E-state index contributed by atoms with van der Waals surface area (Å²) in [6, 6.07) is 11.2. The van der Waals surface area contributed by atoms with E-state index in [2.05, 4.69) is 91.5 Å². The van der Waals surface area contributed by atoms with Gasteiger partial charge in [0, 0.05) is 47.2 Å². The average molecular weight is 1220 g/mol. The molecular weight excluding hydrogens is 1130 g/mol. The zero-order valence-corrected chi connectivity index (χ0v) is 53.1. The fourth-order valence-corrected chi connectivity index (χ4v) is 29.6. The van der Waals surface area contributed by atoms with Gasteiger partial charge < -0.3 is 43.6 Å². The second-order valence-electron chi connectivity index (χ2n) is 34.4. The number of hydrogen-bond donors (Lipinski definition) is 4. The Morgan fingerprint density at radius 2 is 1.74 bits per heavy atom. The number of fused-ring (bicyclic) bond motifs is 8. The Morgan fingerprint density at radius 3 is 2.61 bits per heavy atom. The monoisotopic (exact) mass is 1220 g/mol. The molecule has 14 fully saturated rings. The Bertz CT molecular complexity index is 3550. The molecule has 1 aromatic heterocycles. The predicted molar refractivity (Wildman–Crippen MR) is 329 cm³/mol. The number of carbonyl (C=O) groups is 3. The van der Waals surface area contributed by atoms with E-state index in [1.54, 1.807) is 0 Å². The van der Waals surface area contributed by atoms with Crippen LogP contribution >= 0.6 is 0 Å². The Morgan fingerprint density at radius 1 is 0.878 bits per heavy atom. The number of cyclic esters (lactones) is 1. The average Bonchev–Trinajstić information content (AvgIpc) is 1.40.